The lowest BCUT2D eigenvalue weighted by atomic mass is 9.93. The molecule has 1 aromatic carbocycles. The molecule has 2 heterocycles. The minimum absolute atomic E-state index is 0.0610. The number of amides is 1. The van der Waals surface area contributed by atoms with Gasteiger partial charge in [0.15, 0.2) is 0 Å². The molecule has 22 heavy (non-hydrogen) atoms. The van der Waals surface area contributed by atoms with Crippen molar-refractivity contribution >= 4 is 11.9 Å². The number of hydrogen-bond donors (Lipinski definition) is 1. The summed E-state index contributed by atoms with van der Waals surface area (Å²) in [7, 11) is 1.42. The number of esters is 1. The highest BCUT2D eigenvalue weighted by atomic mass is 16.5. The molecule has 1 saturated heterocycles. The maximum atomic E-state index is 12.7. The van der Waals surface area contributed by atoms with Crippen molar-refractivity contribution in [1.29, 1.82) is 0 Å². The zero-order valence-electron chi connectivity index (χ0n) is 12.9. The Morgan fingerprint density at radius 3 is 2.55 bits per heavy atom. The second-order valence-electron chi connectivity index (χ2n) is 6.03. The van der Waals surface area contributed by atoms with E-state index in [4.69, 9.17) is 4.74 Å². The van der Waals surface area contributed by atoms with Gasteiger partial charge in [-0.25, -0.2) is 0 Å². The summed E-state index contributed by atoms with van der Waals surface area (Å²) >= 11 is 0. The third kappa shape index (κ3) is 2.99. The van der Waals surface area contributed by atoms with Gasteiger partial charge in [0, 0.05) is 19.6 Å². The van der Waals surface area contributed by atoms with E-state index in [1.807, 2.05) is 17.0 Å². The Morgan fingerprint density at radius 2 is 1.86 bits per heavy atom. The van der Waals surface area contributed by atoms with E-state index in [1.54, 1.807) is 0 Å². The van der Waals surface area contributed by atoms with Crippen LogP contribution in [0.1, 0.15) is 24.0 Å². The van der Waals surface area contributed by atoms with E-state index in [1.165, 1.54) is 18.2 Å². The molecule has 2 aliphatic heterocycles. The van der Waals surface area contributed by atoms with E-state index in [0.717, 1.165) is 13.0 Å². The van der Waals surface area contributed by atoms with Crippen LogP contribution in [-0.2, 0) is 27.3 Å². The van der Waals surface area contributed by atoms with Gasteiger partial charge in [0.2, 0.25) is 5.91 Å². The van der Waals surface area contributed by atoms with Crippen LogP contribution in [0.2, 0.25) is 0 Å². The monoisotopic (exact) mass is 302 g/mol. The largest absolute Gasteiger partial charge is 0.469 e. The number of carbonyl (C=O) groups excluding carboxylic acids is 2. The van der Waals surface area contributed by atoms with Crippen LogP contribution in [0, 0.1) is 5.92 Å². The number of benzene rings is 1. The Hall–Kier alpha value is -1.88. The van der Waals surface area contributed by atoms with E-state index in [-0.39, 0.29) is 23.8 Å². The van der Waals surface area contributed by atoms with Gasteiger partial charge in [0.05, 0.1) is 19.1 Å². The molecule has 1 fully saturated rings. The van der Waals surface area contributed by atoms with Gasteiger partial charge in [-0.15, -0.1) is 0 Å². The highest BCUT2D eigenvalue weighted by Gasteiger charge is 2.32. The molecule has 5 heteroatoms. The first kappa shape index (κ1) is 15.0. The SMILES string of the molecule is COC(=O)C1CCN(C(=O)C2Cc3ccccc3CN2)CC1. The van der Waals surface area contributed by atoms with Crippen LogP contribution in [0.25, 0.3) is 0 Å². The Balaban J connectivity index is 1.58. The first-order chi connectivity index (χ1) is 10.7. The van der Waals surface area contributed by atoms with Gasteiger partial charge in [-0.05, 0) is 30.4 Å². The third-order valence-corrected chi connectivity index (χ3v) is 4.72. The lowest BCUT2D eigenvalue weighted by molar-refractivity contribution is -0.149. The summed E-state index contributed by atoms with van der Waals surface area (Å²) in [5.74, 6) is -0.0660. The number of ether oxygens (including phenoxy) is 1. The van der Waals surface area contributed by atoms with Crippen LogP contribution in [0.4, 0.5) is 0 Å². The van der Waals surface area contributed by atoms with Crippen LogP contribution >= 0.6 is 0 Å². The summed E-state index contributed by atoms with van der Waals surface area (Å²) in [4.78, 5) is 26.1. The number of rotatable bonds is 2. The summed E-state index contributed by atoms with van der Waals surface area (Å²) in [5.41, 5.74) is 2.53. The molecule has 1 aromatic rings. The van der Waals surface area contributed by atoms with Crippen molar-refractivity contribution in [2.24, 2.45) is 5.92 Å². The molecule has 1 atom stereocenters. The zero-order chi connectivity index (χ0) is 15.5. The fourth-order valence-electron chi connectivity index (χ4n) is 3.35. The lowest BCUT2D eigenvalue weighted by Gasteiger charge is -2.35. The van der Waals surface area contributed by atoms with Gasteiger partial charge in [-0.2, -0.15) is 0 Å². The number of carbonyl (C=O) groups is 2. The number of likely N-dealkylation sites (tertiary alicyclic amines) is 1. The van der Waals surface area contributed by atoms with Crippen molar-refractivity contribution < 1.29 is 14.3 Å². The van der Waals surface area contributed by atoms with Gasteiger partial charge >= 0.3 is 5.97 Å². The predicted molar refractivity (Wildman–Crippen MR) is 82.1 cm³/mol. The van der Waals surface area contributed by atoms with E-state index in [9.17, 15) is 9.59 Å². The summed E-state index contributed by atoms with van der Waals surface area (Å²) in [6.45, 7) is 2.02. The molecule has 1 N–H and O–H groups in total. The normalized spacial score (nSPS) is 22.0. The highest BCUT2D eigenvalue weighted by molar-refractivity contribution is 5.83. The van der Waals surface area contributed by atoms with E-state index in [2.05, 4.69) is 17.4 Å². The molecule has 2 aliphatic rings. The topological polar surface area (TPSA) is 58.6 Å². The maximum Gasteiger partial charge on any atom is 0.308 e. The van der Waals surface area contributed by atoms with Gasteiger partial charge in [0.1, 0.15) is 0 Å². The molecule has 0 spiro atoms. The smallest absolute Gasteiger partial charge is 0.308 e. The summed E-state index contributed by atoms with van der Waals surface area (Å²) in [6.07, 6.45) is 2.13. The quantitative estimate of drug-likeness (QED) is 0.832. The lowest BCUT2D eigenvalue weighted by Crippen LogP contribution is -2.51. The molecular weight excluding hydrogens is 280 g/mol. The molecular formula is C17H22N2O3. The maximum absolute atomic E-state index is 12.7. The first-order valence-corrected chi connectivity index (χ1v) is 7.86. The van der Waals surface area contributed by atoms with Crippen molar-refractivity contribution in [2.75, 3.05) is 20.2 Å². The molecule has 118 valence electrons. The number of piperidine rings is 1. The van der Waals surface area contributed by atoms with Gasteiger partial charge in [-0.1, -0.05) is 24.3 Å². The van der Waals surface area contributed by atoms with Crippen molar-refractivity contribution in [3.63, 3.8) is 0 Å². The molecule has 1 amide bonds. The fraction of sp³-hybridized carbons (Fsp3) is 0.529. The van der Waals surface area contributed by atoms with E-state index in [0.29, 0.717) is 25.9 Å². The van der Waals surface area contributed by atoms with Crippen LogP contribution in [0.3, 0.4) is 0 Å². The number of methoxy groups -OCH3 is 1. The molecule has 0 radical (unpaired) electrons. The number of fused-ring (bicyclic) bond motifs is 1. The van der Waals surface area contributed by atoms with Crippen LogP contribution < -0.4 is 5.32 Å². The minimum atomic E-state index is -0.156. The molecule has 0 aromatic heterocycles. The van der Waals surface area contributed by atoms with E-state index < -0.39 is 0 Å². The van der Waals surface area contributed by atoms with Gasteiger partial charge in [-0.3, -0.25) is 9.59 Å². The number of nitrogens with one attached hydrogen (secondary N) is 1. The van der Waals surface area contributed by atoms with Gasteiger partial charge < -0.3 is 15.0 Å². The van der Waals surface area contributed by atoms with Crippen molar-refractivity contribution in [2.45, 2.75) is 31.8 Å². The fourth-order valence-corrected chi connectivity index (χ4v) is 3.35. The standard InChI is InChI=1S/C17H22N2O3/c1-22-17(21)12-6-8-19(9-7-12)16(20)15-10-13-4-2-3-5-14(13)11-18-15/h2-5,12,15,18H,6-11H2,1H3. The van der Waals surface area contributed by atoms with Crippen LogP contribution in [0.15, 0.2) is 24.3 Å². The number of nitrogens with zero attached hydrogens (tertiary/aromatic N) is 1. The Morgan fingerprint density at radius 1 is 1.18 bits per heavy atom. The second kappa shape index (κ2) is 6.48. The molecule has 0 aliphatic carbocycles. The van der Waals surface area contributed by atoms with Crippen LogP contribution in [-0.4, -0.2) is 43.0 Å². The molecule has 0 saturated carbocycles. The Labute approximate surface area is 130 Å². The van der Waals surface area contributed by atoms with Crippen molar-refractivity contribution in [3.8, 4) is 0 Å². The minimum Gasteiger partial charge on any atom is -0.469 e. The van der Waals surface area contributed by atoms with E-state index >= 15 is 0 Å². The molecule has 3 rings (SSSR count). The average molecular weight is 302 g/mol. The predicted octanol–water partition coefficient (Wildman–Crippen LogP) is 1.11. The zero-order valence-corrected chi connectivity index (χ0v) is 12.9. The Bertz CT molecular complexity index is 565. The van der Waals surface area contributed by atoms with Gasteiger partial charge in [0.25, 0.3) is 0 Å². The average Bonchev–Trinajstić information content (AvgIpc) is 2.60. The van der Waals surface area contributed by atoms with Crippen molar-refractivity contribution in [1.82, 2.24) is 10.2 Å². The number of hydrogen-bond acceptors (Lipinski definition) is 4. The summed E-state index contributed by atoms with van der Waals surface area (Å²) < 4.78 is 4.79. The van der Waals surface area contributed by atoms with Crippen LogP contribution in [0.5, 0.6) is 0 Å². The second-order valence-corrected chi connectivity index (χ2v) is 6.03. The highest BCUT2D eigenvalue weighted by Crippen LogP contribution is 2.22. The molecule has 1 unspecified atom stereocenters. The summed E-state index contributed by atoms with van der Waals surface area (Å²) in [6, 6.07) is 8.10. The summed E-state index contributed by atoms with van der Waals surface area (Å²) in [5, 5.41) is 3.33. The van der Waals surface area contributed by atoms with Crippen molar-refractivity contribution in [3.05, 3.63) is 35.4 Å². The molecule has 0 bridgehead atoms. The Kier molecular flexibility index (Phi) is 4.43. The molecule has 5 nitrogen and oxygen atoms in total. The first-order valence-electron chi connectivity index (χ1n) is 7.86. The third-order valence-electron chi connectivity index (χ3n) is 4.72.